The van der Waals surface area contributed by atoms with E-state index in [9.17, 15) is 0 Å². The van der Waals surface area contributed by atoms with Crippen molar-refractivity contribution >= 4 is 32.3 Å². The van der Waals surface area contributed by atoms with Gasteiger partial charge in [0.2, 0.25) is 0 Å². The summed E-state index contributed by atoms with van der Waals surface area (Å²) in [4.78, 5) is 15.1. The van der Waals surface area contributed by atoms with E-state index in [4.69, 9.17) is 15.0 Å². The predicted octanol–water partition coefficient (Wildman–Crippen LogP) is 14.0. The van der Waals surface area contributed by atoms with Crippen LogP contribution in [0.2, 0.25) is 0 Å². The largest absolute Gasteiger partial charge is 0.208 e. The van der Waals surface area contributed by atoms with Crippen molar-refractivity contribution in [2.75, 3.05) is 0 Å². The summed E-state index contributed by atoms with van der Waals surface area (Å²) >= 11 is 0. The molecule has 3 nitrogen and oxygen atoms in total. The molecular formula is C54H37N3. The molecule has 0 saturated heterocycles. The van der Waals surface area contributed by atoms with Crippen molar-refractivity contribution in [1.29, 1.82) is 0 Å². The normalized spacial score (nSPS) is 12.9. The Balaban J connectivity index is 1.04. The highest BCUT2D eigenvalue weighted by atomic mass is 15.0. The molecule has 11 rings (SSSR count). The first-order valence-corrected chi connectivity index (χ1v) is 19.6. The van der Waals surface area contributed by atoms with Crippen LogP contribution in [0.1, 0.15) is 25.0 Å². The molecule has 3 heteroatoms. The maximum absolute atomic E-state index is 5.07. The molecule has 0 spiro atoms. The van der Waals surface area contributed by atoms with E-state index in [0.29, 0.717) is 17.5 Å². The molecule has 0 unspecified atom stereocenters. The molecular weight excluding hydrogens is 691 g/mol. The lowest BCUT2D eigenvalue weighted by Crippen LogP contribution is -2.14. The van der Waals surface area contributed by atoms with Crippen LogP contribution in [0.25, 0.3) is 99.9 Å². The van der Waals surface area contributed by atoms with Crippen molar-refractivity contribution in [3.8, 4) is 67.5 Å². The molecule has 0 amide bonds. The van der Waals surface area contributed by atoms with Crippen molar-refractivity contribution in [2.45, 2.75) is 19.3 Å². The Labute approximate surface area is 332 Å². The lowest BCUT2D eigenvalue weighted by molar-refractivity contribution is 0.661. The summed E-state index contributed by atoms with van der Waals surface area (Å²) in [5.74, 6) is 1.95. The molecule has 9 aromatic carbocycles. The van der Waals surface area contributed by atoms with Crippen LogP contribution >= 0.6 is 0 Å². The maximum Gasteiger partial charge on any atom is 0.164 e. The van der Waals surface area contributed by atoms with E-state index in [-0.39, 0.29) is 5.41 Å². The Bertz CT molecular complexity index is 3140. The van der Waals surface area contributed by atoms with E-state index in [1.165, 1.54) is 60.1 Å². The molecule has 268 valence electrons. The second-order valence-electron chi connectivity index (χ2n) is 15.6. The van der Waals surface area contributed by atoms with Crippen LogP contribution in [0, 0.1) is 0 Å². The zero-order chi connectivity index (χ0) is 38.1. The van der Waals surface area contributed by atoms with Crippen LogP contribution in [-0.4, -0.2) is 15.0 Å². The lowest BCUT2D eigenvalue weighted by atomic mass is 9.81. The zero-order valence-electron chi connectivity index (χ0n) is 31.7. The Morgan fingerprint density at radius 1 is 0.333 bits per heavy atom. The molecule has 10 aromatic rings. The number of benzene rings is 9. The lowest BCUT2D eigenvalue weighted by Gasteiger charge is -2.21. The summed E-state index contributed by atoms with van der Waals surface area (Å²) < 4.78 is 0. The third kappa shape index (κ3) is 5.38. The minimum absolute atomic E-state index is 0.0540. The highest BCUT2D eigenvalue weighted by molar-refractivity contribution is 6.25. The van der Waals surface area contributed by atoms with Crippen molar-refractivity contribution in [2.24, 2.45) is 0 Å². The van der Waals surface area contributed by atoms with E-state index in [2.05, 4.69) is 141 Å². The van der Waals surface area contributed by atoms with Gasteiger partial charge in [0.15, 0.2) is 17.5 Å². The van der Waals surface area contributed by atoms with Gasteiger partial charge in [0.25, 0.3) is 0 Å². The number of aromatic nitrogens is 3. The van der Waals surface area contributed by atoms with Gasteiger partial charge >= 0.3 is 0 Å². The maximum atomic E-state index is 5.07. The van der Waals surface area contributed by atoms with Crippen LogP contribution in [0.5, 0.6) is 0 Å². The minimum atomic E-state index is -0.0540. The van der Waals surface area contributed by atoms with E-state index in [1.807, 2.05) is 60.7 Å². The topological polar surface area (TPSA) is 38.7 Å². The van der Waals surface area contributed by atoms with Gasteiger partial charge in [0.1, 0.15) is 0 Å². The van der Waals surface area contributed by atoms with Crippen LogP contribution in [0.4, 0.5) is 0 Å². The number of rotatable bonds is 5. The Kier molecular flexibility index (Phi) is 7.52. The molecule has 1 aliphatic carbocycles. The first kappa shape index (κ1) is 33.1. The third-order valence-corrected chi connectivity index (χ3v) is 11.9. The second-order valence-corrected chi connectivity index (χ2v) is 15.6. The number of hydrogen-bond donors (Lipinski definition) is 0. The Hall–Kier alpha value is -7.23. The Morgan fingerprint density at radius 3 is 1.58 bits per heavy atom. The van der Waals surface area contributed by atoms with Gasteiger partial charge in [-0.25, -0.2) is 15.0 Å². The van der Waals surface area contributed by atoms with Crippen molar-refractivity contribution < 1.29 is 0 Å². The van der Waals surface area contributed by atoms with Crippen LogP contribution in [-0.2, 0) is 5.41 Å². The molecule has 1 aromatic heterocycles. The van der Waals surface area contributed by atoms with Crippen LogP contribution in [0.3, 0.4) is 0 Å². The molecule has 0 bridgehead atoms. The van der Waals surface area contributed by atoms with Gasteiger partial charge in [-0.3, -0.25) is 0 Å². The van der Waals surface area contributed by atoms with E-state index >= 15 is 0 Å². The molecule has 0 saturated carbocycles. The number of nitrogens with zero attached hydrogens (tertiary/aromatic N) is 3. The van der Waals surface area contributed by atoms with Gasteiger partial charge in [-0.05, 0) is 89.0 Å². The summed E-state index contributed by atoms with van der Waals surface area (Å²) in [6.07, 6.45) is 0. The highest BCUT2D eigenvalue weighted by Crippen LogP contribution is 2.53. The molecule has 57 heavy (non-hydrogen) atoms. The molecule has 1 heterocycles. The van der Waals surface area contributed by atoms with E-state index in [1.54, 1.807) is 0 Å². The predicted molar refractivity (Wildman–Crippen MR) is 237 cm³/mol. The minimum Gasteiger partial charge on any atom is -0.208 e. The monoisotopic (exact) mass is 727 g/mol. The molecule has 0 atom stereocenters. The van der Waals surface area contributed by atoms with Gasteiger partial charge in [-0.2, -0.15) is 0 Å². The van der Waals surface area contributed by atoms with E-state index in [0.717, 1.165) is 33.4 Å². The van der Waals surface area contributed by atoms with Crippen LogP contribution < -0.4 is 0 Å². The molecule has 0 aliphatic heterocycles. The van der Waals surface area contributed by atoms with Crippen LogP contribution in [0.15, 0.2) is 188 Å². The second kappa shape index (κ2) is 12.9. The number of fused-ring (bicyclic) bond motifs is 9. The van der Waals surface area contributed by atoms with Gasteiger partial charge in [-0.1, -0.05) is 190 Å². The first-order valence-electron chi connectivity index (χ1n) is 19.6. The molecule has 1 aliphatic rings. The average molecular weight is 728 g/mol. The van der Waals surface area contributed by atoms with Gasteiger partial charge in [-0.15, -0.1) is 0 Å². The summed E-state index contributed by atoms with van der Waals surface area (Å²) in [6, 6.07) is 67.3. The summed E-state index contributed by atoms with van der Waals surface area (Å²) in [7, 11) is 0. The van der Waals surface area contributed by atoms with Crippen molar-refractivity contribution in [3.63, 3.8) is 0 Å². The fraction of sp³-hybridized carbons (Fsp3) is 0.0556. The molecule has 0 fully saturated rings. The van der Waals surface area contributed by atoms with Crippen molar-refractivity contribution in [3.05, 3.63) is 199 Å². The molecule has 0 N–H and O–H groups in total. The zero-order valence-corrected chi connectivity index (χ0v) is 31.7. The number of hydrogen-bond acceptors (Lipinski definition) is 3. The highest BCUT2D eigenvalue weighted by Gasteiger charge is 2.36. The van der Waals surface area contributed by atoms with E-state index < -0.39 is 0 Å². The molecule has 0 radical (unpaired) electrons. The quantitative estimate of drug-likeness (QED) is 0.166. The Morgan fingerprint density at radius 2 is 0.860 bits per heavy atom. The third-order valence-electron chi connectivity index (χ3n) is 11.9. The SMILES string of the molecule is CC1(C)c2ccccc2-c2c1ccc1ccc3ccc4cc(-c5cccc(-c6ccccc6-c6nc(-c7ccccc7)nc(-c7ccccc7)n6)c5)ccc4c3c21. The van der Waals surface area contributed by atoms with Gasteiger partial charge < -0.3 is 0 Å². The van der Waals surface area contributed by atoms with Gasteiger partial charge in [0, 0.05) is 22.1 Å². The first-order chi connectivity index (χ1) is 28.0. The fourth-order valence-electron chi connectivity index (χ4n) is 9.07. The standard InChI is InChI=1S/C54H37N3/c1-54(2)46-23-12-11-22-45(46)50-47(54)31-29-35-25-24-34-26-27-41-33-39(28-30-43(41)48(34)49(35)50)38-18-13-19-40(32-38)42-20-9-10-21-44(42)53-56-51(36-14-5-3-6-15-36)55-52(57-53)37-16-7-4-8-17-37/h3-33H,1-2H3. The summed E-state index contributed by atoms with van der Waals surface area (Å²) in [6.45, 7) is 4.72. The van der Waals surface area contributed by atoms with Crippen molar-refractivity contribution in [1.82, 2.24) is 15.0 Å². The average Bonchev–Trinajstić information content (AvgIpc) is 3.52. The van der Waals surface area contributed by atoms with Gasteiger partial charge in [0.05, 0.1) is 0 Å². The smallest absolute Gasteiger partial charge is 0.164 e. The summed E-state index contributed by atoms with van der Waals surface area (Å²) in [5.41, 5.74) is 12.9. The summed E-state index contributed by atoms with van der Waals surface area (Å²) in [5, 5.41) is 7.73. The fourth-order valence-corrected chi connectivity index (χ4v) is 9.07.